The predicted molar refractivity (Wildman–Crippen MR) is 78.3 cm³/mol. The van der Waals surface area contributed by atoms with Crippen molar-refractivity contribution < 1.29 is 14.3 Å². The van der Waals surface area contributed by atoms with Gasteiger partial charge in [0.1, 0.15) is 5.60 Å². The van der Waals surface area contributed by atoms with E-state index in [-0.39, 0.29) is 22.5 Å². The van der Waals surface area contributed by atoms with E-state index in [1.807, 2.05) is 0 Å². The van der Waals surface area contributed by atoms with Crippen molar-refractivity contribution in [3.8, 4) is 0 Å². The predicted octanol–water partition coefficient (Wildman–Crippen LogP) is 3.92. The second-order valence-electron chi connectivity index (χ2n) is 5.67. The Hall–Kier alpha value is -1.62. The second-order valence-corrected chi connectivity index (χ2v) is 6.03. The average molecular weight is 299 g/mol. The third kappa shape index (κ3) is 4.49. The Morgan fingerprint density at radius 1 is 1.35 bits per heavy atom. The summed E-state index contributed by atoms with van der Waals surface area (Å²) in [4.78, 5) is 27.8. The van der Waals surface area contributed by atoms with Gasteiger partial charge in [0.25, 0.3) is 0 Å². The fourth-order valence-corrected chi connectivity index (χ4v) is 1.68. The Bertz CT molecular complexity index is 522. The maximum atomic E-state index is 12.1. The van der Waals surface area contributed by atoms with E-state index in [9.17, 15) is 9.59 Å². The smallest absolute Gasteiger partial charge is 0.412 e. The van der Waals surface area contributed by atoms with Gasteiger partial charge in [0.15, 0.2) is 10.9 Å². The summed E-state index contributed by atoms with van der Waals surface area (Å²) in [6.07, 6.45) is 0.753. The van der Waals surface area contributed by atoms with Crippen molar-refractivity contribution in [2.45, 2.75) is 40.2 Å². The monoisotopic (exact) mass is 298 g/mol. The van der Waals surface area contributed by atoms with Crippen LogP contribution in [0.25, 0.3) is 0 Å². The highest BCUT2D eigenvalue weighted by Crippen LogP contribution is 2.26. The highest BCUT2D eigenvalue weighted by Gasteiger charge is 2.22. The van der Waals surface area contributed by atoms with Gasteiger partial charge < -0.3 is 4.74 Å². The minimum Gasteiger partial charge on any atom is -0.444 e. The number of anilines is 1. The van der Waals surface area contributed by atoms with Gasteiger partial charge in [-0.1, -0.05) is 25.4 Å². The van der Waals surface area contributed by atoms with E-state index in [4.69, 9.17) is 16.3 Å². The number of hydrogen-bond donors (Lipinski definition) is 1. The number of halogens is 1. The lowest BCUT2D eigenvalue weighted by Crippen LogP contribution is -2.28. The Morgan fingerprint density at radius 3 is 2.45 bits per heavy atom. The van der Waals surface area contributed by atoms with Crippen molar-refractivity contribution in [3.05, 3.63) is 23.0 Å². The van der Waals surface area contributed by atoms with Crippen LogP contribution in [-0.2, 0) is 4.74 Å². The largest absolute Gasteiger partial charge is 0.444 e. The molecule has 0 aliphatic rings. The van der Waals surface area contributed by atoms with Gasteiger partial charge in [0.05, 0.1) is 5.69 Å². The molecule has 0 unspecified atom stereocenters. The maximum Gasteiger partial charge on any atom is 0.412 e. The lowest BCUT2D eigenvalue weighted by molar-refractivity contribution is 0.0636. The van der Waals surface area contributed by atoms with E-state index in [0.29, 0.717) is 5.56 Å². The first-order chi connectivity index (χ1) is 9.11. The first-order valence-corrected chi connectivity index (χ1v) is 6.68. The molecule has 6 heteroatoms. The van der Waals surface area contributed by atoms with Crippen molar-refractivity contribution in [1.29, 1.82) is 0 Å². The molecule has 0 saturated heterocycles. The molecule has 5 nitrogen and oxygen atoms in total. The van der Waals surface area contributed by atoms with Crippen molar-refractivity contribution >= 4 is 29.2 Å². The number of nitrogens with zero attached hydrogens (tertiary/aromatic N) is 1. The maximum absolute atomic E-state index is 12.1. The first kappa shape index (κ1) is 16.4. The molecule has 0 aromatic carbocycles. The summed E-state index contributed by atoms with van der Waals surface area (Å²) in [5.41, 5.74) is -0.131. The normalized spacial score (nSPS) is 11.3. The number of carbonyl (C=O) groups is 2. The zero-order valence-electron chi connectivity index (χ0n) is 12.3. The molecule has 0 bridgehead atoms. The molecule has 0 saturated carbocycles. The van der Waals surface area contributed by atoms with Gasteiger partial charge in [-0.2, -0.15) is 0 Å². The summed E-state index contributed by atoms with van der Waals surface area (Å²) in [6, 6.07) is 1.53. The SMILES string of the molecule is CC(C)C(=O)c1ccnc(Cl)c1NC(=O)OC(C)(C)C. The Kier molecular flexibility index (Phi) is 5.11. The molecule has 0 radical (unpaired) electrons. The van der Waals surface area contributed by atoms with Crippen LogP contribution in [0, 0.1) is 5.92 Å². The lowest BCUT2D eigenvalue weighted by Gasteiger charge is -2.20. The minimum absolute atomic E-state index is 0.0577. The molecule has 1 amide bonds. The number of ether oxygens (including phenoxy) is 1. The van der Waals surface area contributed by atoms with Gasteiger partial charge in [-0.3, -0.25) is 10.1 Å². The lowest BCUT2D eigenvalue weighted by atomic mass is 10.0. The summed E-state index contributed by atoms with van der Waals surface area (Å²) in [5, 5.41) is 2.55. The standard InChI is InChI=1S/C14H19ClN2O3/c1-8(2)11(18)9-6-7-16-12(15)10(9)17-13(19)20-14(3,4)5/h6-8H,1-5H3,(H,17,19). The fourth-order valence-electron chi connectivity index (χ4n) is 1.48. The summed E-state index contributed by atoms with van der Waals surface area (Å²) >= 11 is 5.96. The summed E-state index contributed by atoms with van der Waals surface area (Å²) in [5.74, 6) is -0.340. The molecule has 0 fully saturated rings. The highest BCUT2D eigenvalue weighted by atomic mass is 35.5. The zero-order chi connectivity index (χ0) is 15.5. The summed E-state index contributed by atoms with van der Waals surface area (Å²) in [6.45, 7) is 8.79. The van der Waals surface area contributed by atoms with Gasteiger partial charge in [0, 0.05) is 17.7 Å². The molecule has 1 aromatic rings. The molecule has 20 heavy (non-hydrogen) atoms. The number of amides is 1. The molecule has 0 aliphatic carbocycles. The summed E-state index contributed by atoms with van der Waals surface area (Å²) < 4.78 is 5.14. The molecular weight excluding hydrogens is 280 g/mol. The van der Waals surface area contributed by atoms with Crippen LogP contribution >= 0.6 is 11.6 Å². The minimum atomic E-state index is -0.676. The van der Waals surface area contributed by atoms with Crippen molar-refractivity contribution in [3.63, 3.8) is 0 Å². The Balaban J connectivity index is 3.05. The number of pyridine rings is 1. The number of Topliss-reactive ketones (excluding diaryl/α,β-unsaturated/α-hetero) is 1. The quantitative estimate of drug-likeness (QED) is 0.678. The van der Waals surface area contributed by atoms with E-state index < -0.39 is 11.7 Å². The van der Waals surface area contributed by atoms with Gasteiger partial charge in [-0.15, -0.1) is 0 Å². The fraction of sp³-hybridized carbons (Fsp3) is 0.500. The molecule has 0 atom stereocenters. The van der Waals surface area contributed by atoms with E-state index in [1.165, 1.54) is 12.3 Å². The van der Waals surface area contributed by atoms with Crippen LogP contribution in [0.4, 0.5) is 10.5 Å². The second kappa shape index (κ2) is 6.22. The van der Waals surface area contributed by atoms with E-state index in [1.54, 1.807) is 34.6 Å². The highest BCUT2D eigenvalue weighted by molar-refractivity contribution is 6.33. The van der Waals surface area contributed by atoms with Gasteiger partial charge in [-0.25, -0.2) is 9.78 Å². The summed E-state index contributed by atoms with van der Waals surface area (Å²) in [7, 11) is 0. The van der Waals surface area contributed by atoms with Crippen LogP contribution < -0.4 is 5.32 Å². The molecular formula is C14H19ClN2O3. The van der Waals surface area contributed by atoms with E-state index >= 15 is 0 Å². The first-order valence-electron chi connectivity index (χ1n) is 6.30. The molecule has 0 spiro atoms. The van der Waals surface area contributed by atoms with Crippen LogP contribution in [0.5, 0.6) is 0 Å². The molecule has 0 aliphatic heterocycles. The van der Waals surface area contributed by atoms with Gasteiger partial charge in [0.2, 0.25) is 0 Å². The van der Waals surface area contributed by atoms with Crippen LogP contribution in [0.1, 0.15) is 45.0 Å². The number of carbonyl (C=O) groups excluding carboxylic acids is 2. The number of hydrogen-bond acceptors (Lipinski definition) is 4. The topological polar surface area (TPSA) is 68.3 Å². The van der Waals surface area contributed by atoms with Crippen molar-refractivity contribution in [2.75, 3.05) is 5.32 Å². The molecule has 1 N–H and O–H groups in total. The Morgan fingerprint density at radius 2 is 1.95 bits per heavy atom. The zero-order valence-corrected chi connectivity index (χ0v) is 13.0. The Labute approximate surface area is 123 Å². The number of aromatic nitrogens is 1. The van der Waals surface area contributed by atoms with Crippen LogP contribution in [0.2, 0.25) is 5.15 Å². The van der Waals surface area contributed by atoms with E-state index in [0.717, 1.165) is 0 Å². The third-order valence-electron chi connectivity index (χ3n) is 2.32. The molecule has 1 rings (SSSR count). The third-order valence-corrected chi connectivity index (χ3v) is 2.61. The van der Waals surface area contributed by atoms with Gasteiger partial charge >= 0.3 is 6.09 Å². The molecule has 110 valence electrons. The van der Waals surface area contributed by atoms with Crippen molar-refractivity contribution in [2.24, 2.45) is 5.92 Å². The molecule has 1 heterocycles. The van der Waals surface area contributed by atoms with Gasteiger partial charge in [-0.05, 0) is 26.8 Å². The average Bonchev–Trinajstić information content (AvgIpc) is 2.28. The van der Waals surface area contributed by atoms with Crippen molar-refractivity contribution in [1.82, 2.24) is 4.98 Å². The van der Waals surface area contributed by atoms with Crippen LogP contribution in [0.3, 0.4) is 0 Å². The van der Waals surface area contributed by atoms with Crippen LogP contribution in [0.15, 0.2) is 12.3 Å². The number of rotatable bonds is 3. The van der Waals surface area contributed by atoms with E-state index in [2.05, 4.69) is 10.3 Å². The number of ketones is 1. The number of nitrogens with one attached hydrogen (secondary N) is 1. The van der Waals surface area contributed by atoms with Crippen LogP contribution in [-0.4, -0.2) is 22.5 Å². The molecule has 1 aromatic heterocycles.